The summed E-state index contributed by atoms with van der Waals surface area (Å²) in [7, 11) is 3.30. The minimum Gasteiger partial charge on any atom is -0.455 e. The lowest BCUT2D eigenvalue weighted by Crippen LogP contribution is -2.47. The second-order valence-electron chi connectivity index (χ2n) is 10.7. The highest BCUT2D eigenvalue weighted by molar-refractivity contribution is 7.09. The molecule has 0 radical (unpaired) electrons. The van der Waals surface area contributed by atoms with Crippen molar-refractivity contribution < 1.29 is 28.5 Å². The normalized spacial score (nSPS) is 18.8. The fourth-order valence-corrected chi connectivity index (χ4v) is 5.95. The Kier molecular flexibility index (Phi) is 12.1. The number of aromatic nitrogens is 1. The number of carbonyl (C=O) groups excluding carboxylic acids is 4. The average Bonchev–Trinajstić information content (AvgIpc) is 3.38. The van der Waals surface area contributed by atoms with E-state index in [9.17, 15) is 19.2 Å². The van der Waals surface area contributed by atoms with Gasteiger partial charge in [0, 0.05) is 64.0 Å². The molecule has 1 aromatic rings. The van der Waals surface area contributed by atoms with Crippen LogP contribution in [0.5, 0.6) is 0 Å². The standard InChI is InChI=1S/C28H44N4O5S/c1-9-18(4)20(14-24(34)22-12-10-11-13-31(22)7)28(36)32(8)23(17(2)3)15-25(37-19(5)33)27-30-21(16-38-27)26(35)29-6/h16-18,20,22-23,25H,7,9-15H2,1-6,8H3/p+1/t18-,20-,22+,23+,25+/m0/s1. The van der Waals surface area contributed by atoms with Gasteiger partial charge < -0.3 is 15.0 Å². The molecule has 0 aliphatic carbocycles. The van der Waals surface area contributed by atoms with Crippen molar-refractivity contribution in [1.82, 2.24) is 15.2 Å². The van der Waals surface area contributed by atoms with E-state index in [0.29, 0.717) is 11.4 Å². The molecule has 1 aromatic heterocycles. The highest BCUT2D eigenvalue weighted by Gasteiger charge is 2.39. The Hall–Kier alpha value is -2.62. The van der Waals surface area contributed by atoms with Gasteiger partial charge in [0.15, 0.2) is 6.10 Å². The summed E-state index contributed by atoms with van der Waals surface area (Å²) in [5, 5.41) is 4.68. The Morgan fingerprint density at radius 3 is 2.50 bits per heavy atom. The number of carbonyl (C=O) groups is 4. The van der Waals surface area contributed by atoms with Crippen LogP contribution in [-0.4, -0.2) is 77.5 Å². The first-order valence-corrected chi connectivity index (χ1v) is 14.5. The zero-order valence-corrected chi connectivity index (χ0v) is 24.8. The number of Topliss-reactive ketones (excluding diaryl/α,β-unsaturated/α-hetero) is 1. The summed E-state index contributed by atoms with van der Waals surface area (Å²) in [6, 6.07) is -0.512. The lowest BCUT2D eigenvalue weighted by molar-refractivity contribution is -0.554. The molecule has 5 atom stereocenters. The quantitative estimate of drug-likeness (QED) is 0.296. The van der Waals surface area contributed by atoms with Crippen LogP contribution in [0.4, 0.5) is 0 Å². The summed E-state index contributed by atoms with van der Waals surface area (Å²) < 4.78 is 7.50. The molecular weight excluding hydrogens is 504 g/mol. The van der Waals surface area contributed by atoms with Crippen molar-refractivity contribution in [1.29, 1.82) is 0 Å². The third-order valence-corrected chi connectivity index (χ3v) is 8.63. The molecular formula is C28H45N4O5S+. The monoisotopic (exact) mass is 549 g/mol. The van der Waals surface area contributed by atoms with E-state index >= 15 is 0 Å². The summed E-state index contributed by atoms with van der Waals surface area (Å²) in [5.74, 6) is -1.15. The first-order chi connectivity index (χ1) is 17.9. The van der Waals surface area contributed by atoms with Gasteiger partial charge in [-0.05, 0) is 18.3 Å². The van der Waals surface area contributed by atoms with Gasteiger partial charge in [-0.15, -0.1) is 11.3 Å². The highest BCUT2D eigenvalue weighted by atomic mass is 32.1. The van der Waals surface area contributed by atoms with Gasteiger partial charge in [-0.1, -0.05) is 34.1 Å². The lowest BCUT2D eigenvalue weighted by atomic mass is 9.83. The maximum atomic E-state index is 13.9. The Labute approximate surface area is 231 Å². The summed E-state index contributed by atoms with van der Waals surface area (Å²) in [5.41, 5.74) is 0.257. The number of hydrogen-bond donors (Lipinski definition) is 1. The molecule has 1 aliphatic heterocycles. The SMILES string of the molecule is C=[N+]1CCCC[C@@H]1C(=O)C[C@H](C(=O)N(C)[C@H](C[C@@H](OC(C)=O)c1nc(C(=O)NC)cs1)C(C)C)[C@@H](C)CC. The molecule has 2 heterocycles. The van der Waals surface area contributed by atoms with Gasteiger partial charge in [0.05, 0.1) is 0 Å². The van der Waals surface area contributed by atoms with Crippen LogP contribution in [0.3, 0.4) is 0 Å². The molecule has 0 bridgehead atoms. The van der Waals surface area contributed by atoms with Crippen LogP contribution in [0.2, 0.25) is 0 Å². The molecule has 0 unspecified atom stereocenters. The van der Waals surface area contributed by atoms with Crippen LogP contribution in [0.15, 0.2) is 5.38 Å². The number of nitrogens with one attached hydrogen (secondary N) is 1. The highest BCUT2D eigenvalue weighted by Crippen LogP contribution is 2.32. The van der Waals surface area contributed by atoms with Crippen molar-refractivity contribution in [3.05, 3.63) is 16.1 Å². The van der Waals surface area contributed by atoms with Gasteiger partial charge in [-0.25, -0.2) is 9.56 Å². The van der Waals surface area contributed by atoms with Gasteiger partial charge >= 0.3 is 5.97 Å². The molecule has 0 spiro atoms. The summed E-state index contributed by atoms with van der Waals surface area (Å²) in [4.78, 5) is 57.3. The molecule has 1 aliphatic rings. The van der Waals surface area contributed by atoms with Gasteiger partial charge in [0.2, 0.25) is 17.7 Å². The molecule has 2 amide bonds. The van der Waals surface area contributed by atoms with Crippen molar-refractivity contribution in [2.24, 2.45) is 17.8 Å². The largest absolute Gasteiger partial charge is 0.455 e. The minimum atomic E-state index is -0.704. The molecule has 1 N–H and O–H groups in total. The van der Waals surface area contributed by atoms with E-state index in [1.807, 2.05) is 32.3 Å². The third kappa shape index (κ3) is 8.19. The molecule has 38 heavy (non-hydrogen) atoms. The number of amides is 2. The topological polar surface area (TPSA) is 109 Å². The Bertz CT molecular complexity index is 1010. The van der Waals surface area contributed by atoms with E-state index in [-0.39, 0.29) is 53.6 Å². The molecule has 9 nitrogen and oxygen atoms in total. The molecule has 2 rings (SSSR count). The number of ketones is 1. The van der Waals surface area contributed by atoms with Crippen molar-refractivity contribution in [2.75, 3.05) is 20.6 Å². The Morgan fingerprint density at radius 1 is 1.26 bits per heavy atom. The van der Waals surface area contributed by atoms with Crippen molar-refractivity contribution in [3.8, 4) is 0 Å². The number of thiazole rings is 1. The van der Waals surface area contributed by atoms with E-state index < -0.39 is 18.0 Å². The van der Waals surface area contributed by atoms with Crippen LogP contribution >= 0.6 is 11.3 Å². The number of rotatable bonds is 13. The number of piperidine rings is 1. The van der Waals surface area contributed by atoms with E-state index in [1.165, 1.54) is 25.3 Å². The summed E-state index contributed by atoms with van der Waals surface area (Å²) >= 11 is 1.25. The number of esters is 1. The van der Waals surface area contributed by atoms with E-state index in [0.717, 1.165) is 32.2 Å². The van der Waals surface area contributed by atoms with Gasteiger partial charge in [-0.2, -0.15) is 0 Å². The molecule has 0 aromatic carbocycles. The maximum absolute atomic E-state index is 13.9. The van der Waals surface area contributed by atoms with Crippen molar-refractivity contribution >= 4 is 41.6 Å². The number of hydrogen-bond acceptors (Lipinski definition) is 7. The van der Waals surface area contributed by atoms with E-state index in [1.54, 1.807) is 17.3 Å². The third-order valence-electron chi connectivity index (χ3n) is 7.69. The first kappa shape index (κ1) is 31.6. The van der Waals surface area contributed by atoms with Gasteiger partial charge in [0.25, 0.3) is 5.91 Å². The zero-order chi connectivity index (χ0) is 28.6. The predicted molar refractivity (Wildman–Crippen MR) is 148 cm³/mol. The second-order valence-corrected chi connectivity index (χ2v) is 11.6. The van der Waals surface area contributed by atoms with Crippen LogP contribution in [0.1, 0.15) is 94.7 Å². The smallest absolute Gasteiger partial charge is 0.303 e. The number of nitrogens with zero attached hydrogens (tertiary/aromatic N) is 3. The first-order valence-electron chi connectivity index (χ1n) is 13.6. The van der Waals surface area contributed by atoms with Crippen LogP contribution in [-0.2, 0) is 19.1 Å². The van der Waals surface area contributed by atoms with Crippen molar-refractivity contribution in [3.63, 3.8) is 0 Å². The zero-order valence-electron chi connectivity index (χ0n) is 24.0. The molecule has 0 saturated carbocycles. The number of ether oxygens (including phenoxy) is 1. The van der Waals surface area contributed by atoms with Crippen LogP contribution in [0.25, 0.3) is 0 Å². The lowest BCUT2D eigenvalue weighted by Gasteiger charge is -2.36. The van der Waals surface area contributed by atoms with Crippen LogP contribution < -0.4 is 5.32 Å². The van der Waals surface area contributed by atoms with E-state index in [2.05, 4.69) is 17.0 Å². The van der Waals surface area contributed by atoms with Crippen molar-refractivity contribution in [2.45, 2.75) is 91.3 Å². The second kappa shape index (κ2) is 14.5. The molecule has 1 fully saturated rings. The molecule has 1 saturated heterocycles. The summed E-state index contributed by atoms with van der Waals surface area (Å²) in [6.07, 6.45) is 3.41. The Balaban J connectivity index is 2.28. The Morgan fingerprint density at radius 2 is 1.95 bits per heavy atom. The molecule has 212 valence electrons. The minimum absolute atomic E-state index is 0.0295. The fourth-order valence-electron chi connectivity index (χ4n) is 5.11. The van der Waals surface area contributed by atoms with E-state index in [4.69, 9.17) is 4.74 Å². The fraction of sp³-hybridized carbons (Fsp3) is 0.714. The maximum Gasteiger partial charge on any atom is 0.303 e. The molecule has 10 heteroatoms. The van der Waals surface area contributed by atoms with Gasteiger partial charge in [-0.3, -0.25) is 19.2 Å². The van der Waals surface area contributed by atoms with Gasteiger partial charge in [0.1, 0.15) is 24.0 Å². The summed E-state index contributed by atoms with van der Waals surface area (Å²) in [6.45, 7) is 14.3. The van der Waals surface area contributed by atoms with Crippen LogP contribution in [0, 0.1) is 17.8 Å². The average molecular weight is 550 g/mol. The predicted octanol–water partition coefficient (Wildman–Crippen LogP) is 3.87.